The summed E-state index contributed by atoms with van der Waals surface area (Å²) in [5.74, 6) is -0.867. The molecule has 0 aromatic carbocycles. The zero-order valence-corrected chi connectivity index (χ0v) is 48.0. The SMILES string of the molecule is CCCCCC/C=C\C/C=C\CCCCCCCCCC(=O)OC(COC(=O)CCCCCCCC)COC(=O)CCCCCCCCCCCCCCCCCCCCCCCCCCCCCCC. The summed E-state index contributed by atoms with van der Waals surface area (Å²) in [7, 11) is 0. The lowest BCUT2D eigenvalue weighted by molar-refractivity contribution is -0.167. The Morgan fingerprint density at radius 3 is 0.789 bits per heavy atom. The number of carbonyl (C=O) groups is 3. The maximum atomic E-state index is 12.8. The average Bonchev–Trinajstić information content (AvgIpc) is 3.37. The molecule has 6 heteroatoms. The summed E-state index contributed by atoms with van der Waals surface area (Å²) >= 11 is 0. The van der Waals surface area contributed by atoms with Crippen LogP contribution in [0.25, 0.3) is 0 Å². The number of rotatable bonds is 59. The summed E-state index contributed by atoms with van der Waals surface area (Å²) in [5.41, 5.74) is 0. The van der Waals surface area contributed by atoms with Crippen LogP contribution in [-0.4, -0.2) is 37.2 Å². The van der Waals surface area contributed by atoms with Crippen molar-refractivity contribution in [2.45, 2.75) is 361 Å². The number of hydrogen-bond donors (Lipinski definition) is 0. The van der Waals surface area contributed by atoms with Crippen LogP contribution >= 0.6 is 0 Å². The molecule has 1 atom stereocenters. The van der Waals surface area contributed by atoms with Gasteiger partial charge in [0.2, 0.25) is 0 Å². The molecule has 418 valence electrons. The Bertz CT molecular complexity index is 1150. The molecule has 0 aliphatic heterocycles. The first-order chi connectivity index (χ1) is 35.0. The molecule has 0 aliphatic carbocycles. The van der Waals surface area contributed by atoms with Gasteiger partial charge in [0.25, 0.3) is 0 Å². The molecule has 71 heavy (non-hydrogen) atoms. The molecule has 0 heterocycles. The molecule has 0 saturated heterocycles. The fourth-order valence-corrected chi connectivity index (χ4v) is 9.65. The van der Waals surface area contributed by atoms with Gasteiger partial charge in [0.05, 0.1) is 0 Å². The molecule has 0 N–H and O–H groups in total. The third kappa shape index (κ3) is 58.7. The Morgan fingerprint density at radius 2 is 0.507 bits per heavy atom. The number of allylic oxidation sites excluding steroid dienone is 4. The van der Waals surface area contributed by atoms with E-state index in [0.717, 1.165) is 70.6 Å². The summed E-state index contributed by atoms with van der Waals surface area (Å²) < 4.78 is 16.8. The van der Waals surface area contributed by atoms with Crippen molar-refractivity contribution in [2.24, 2.45) is 0 Å². The van der Waals surface area contributed by atoms with Crippen LogP contribution in [0.5, 0.6) is 0 Å². The zero-order valence-electron chi connectivity index (χ0n) is 48.0. The second-order valence-electron chi connectivity index (χ2n) is 21.7. The van der Waals surface area contributed by atoms with E-state index in [-0.39, 0.29) is 31.1 Å². The first kappa shape index (κ1) is 68.9. The van der Waals surface area contributed by atoms with Crippen molar-refractivity contribution < 1.29 is 28.6 Å². The molecular weight excluding hydrogens is 877 g/mol. The van der Waals surface area contributed by atoms with Gasteiger partial charge in [-0.15, -0.1) is 0 Å². The molecule has 0 bridgehead atoms. The monoisotopic (exact) mass is 999 g/mol. The fourth-order valence-electron chi connectivity index (χ4n) is 9.65. The van der Waals surface area contributed by atoms with E-state index in [9.17, 15) is 14.4 Å². The van der Waals surface area contributed by atoms with Crippen molar-refractivity contribution in [1.82, 2.24) is 0 Å². The van der Waals surface area contributed by atoms with E-state index < -0.39 is 6.10 Å². The summed E-state index contributed by atoms with van der Waals surface area (Å²) in [6.45, 7) is 6.61. The van der Waals surface area contributed by atoms with E-state index in [1.165, 1.54) is 244 Å². The van der Waals surface area contributed by atoms with Gasteiger partial charge in [-0.1, -0.05) is 308 Å². The van der Waals surface area contributed by atoms with Crippen LogP contribution in [0.3, 0.4) is 0 Å². The van der Waals surface area contributed by atoms with Gasteiger partial charge >= 0.3 is 17.9 Å². The van der Waals surface area contributed by atoms with Gasteiger partial charge in [0.1, 0.15) is 13.2 Å². The largest absolute Gasteiger partial charge is 0.462 e. The minimum Gasteiger partial charge on any atom is -0.462 e. The second kappa shape index (κ2) is 60.4. The lowest BCUT2D eigenvalue weighted by Crippen LogP contribution is -2.30. The normalized spacial score (nSPS) is 12.1. The Labute approximate surface area is 443 Å². The van der Waals surface area contributed by atoms with Crippen LogP contribution in [0.2, 0.25) is 0 Å². The van der Waals surface area contributed by atoms with Gasteiger partial charge in [-0.3, -0.25) is 14.4 Å². The van der Waals surface area contributed by atoms with Gasteiger partial charge in [0.15, 0.2) is 6.10 Å². The van der Waals surface area contributed by atoms with Crippen LogP contribution in [0.1, 0.15) is 355 Å². The maximum Gasteiger partial charge on any atom is 0.306 e. The standard InChI is InChI=1S/C65H122O6/c1-4-7-10-13-16-18-20-22-24-26-28-29-30-31-32-33-34-35-36-37-38-40-41-43-45-47-49-52-55-58-64(67)70-61-62(60-69-63(66)57-54-51-15-12-9-6-3)71-65(68)59-56-53-50-48-46-44-42-39-27-25-23-21-19-17-14-11-8-5-2/h19,21,25,27,62H,4-18,20,22-24,26,28-61H2,1-3H3/b21-19-,27-25-. The zero-order chi connectivity index (χ0) is 51.4. The average molecular weight is 1000 g/mol. The van der Waals surface area contributed by atoms with Crippen molar-refractivity contribution in [2.75, 3.05) is 13.2 Å². The molecule has 0 aliphatic rings. The van der Waals surface area contributed by atoms with Gasteiger partial charge < -0.3 is 14.2 Å². The van der Waals surface area contributed by atoms with Gasteiger partial charge in [-0.2, -0.15) is 0 Å². The Hall–Kier alpha value is -2.11. The van der Waals surface area contributed by atoms with Crippen LogP contribution in [-0.2, 0) is 28.6 Å². The number of hydrogen-bond acceptors (Lipinski definition) is 6. The number of esters is 3. The number of unbranched alkanes of at least 4 members (excludes halogenated alkanes) is 44. The number of ether oxygens (including phenoxy) is 3. The quantitative estimate of drug-likeness (QED) is 0.0261. The summed E-state index contributed by atoms with van der Waals surface area (Å²) in [6, 6.07) is 0. The van der Waals surface area contributed by atoms with E-state index in [1.54, 1.807) is 0 Å². The van der Waals surface area contributed by atoms with Gasteiger partial charge in [-0.05, 0) is 51.4 Å². The number of carbonyl (C=O) groups excluding carboxylic acids is 3. The lowest BCUT2D eigenvalue weighted by atomic mass is 10.0. The van der Waals surface area contributed by atoms with Crippen LogP contribution in [0, 0.1) is 0 Å². The Morgan fingerprint density at radius 1 is 0.282 bits per heavy atom. The summed E-state index contributed by atoms with van der Waals surface area (Å²) in [5, 5.41) is 0. The van der Waals surface area contributed by atoms with Crippen molar-refractivity contribution in [1.29, 1.82) is 0 Å². The predicted molar refractivity (Wildman–Crippen MR) is 307 cm³/mol. The van der Waals surface area contributed by atoms with E-state index >= 15 is 0 Å². The third-order valence-corrected chi connectivity index (χ3v) is 14.5. The molecule has 0 saturated carbocycles. The van der Waals surface area contributed by atoms with E-state index in [2.05, 4.69) is 45.1 Å². The lowest BCUT2D eigenvalue weighted by Gasteiger charge is -2.18. The highest BCUT2D eigenvalue weighted by Crippen LogP contribution is 2.18. The predicted octanol–water partition coefficient (Wildman–Crippen LogP) is 21.4. The van der Waals surface area contributed by atoms with Crippen LogP contribution < -0.4 is 0 Å². The fraction of sp³-hybridized carbons (Fsp3) is 0.892. The first-order valence-corrected chi connectivity index (χ1v) is 31.8. The second-order valence-corrected chi connectivity index (χ2v) is 21.7. The molecule has 0 fully saturated rings. The highest BCUT2D eigenvalue weighted by Gasteiger charge is 2.19. The highest BCUT2D eigenvalue weighted by molar-refractivity contribution is 5.71. The Kier molecular flexibility index (Phi) is 58.6. The summed E-state index contributed by atoms with van der Waals surface area (Å²) in [4.78, 5) is 37.9. The molecule has 0 aromatic rings. The van der Waals surface area contributed by atoms with Gasteiger partial charge in [0, 0.05) is 19.3 Å². The molecule has 0 amide bonds. The molecule has 6 nitrogen and oxygen atoms in total. The van der Waals surface area contributed by atoms with E-state index in [4.69, 9.17) is 14.2 Å². The Balaban J connectivity index is 3.98. The van der Waals surface area contributed by atoms with E-state index in [0.29, 0.717) is 19.3 Å². The van der Waals surface area contributed by atoms with Crippen molar-refractivity contribution in [3.8, 4) is 0 Å². The van der Waals surface area contributed by atoms with Crippen molar-refractivity contribution in [3.05, 3.63) is 24.3 Å². The minimum absolute atomic E-state index is 0.0700. The van der Waals surface area contributed by atoms with Crippen LogP contribution in [0.15, 0.2) is 24.3 Å². The highest BCUT2D eigenvalue weighted by atomic mass is 16.6. The van der Waals surface area contributed by atoms with Crippen LogP contribution in [0.4, 0.5) is 0 Å². The van der Waals surface area contributed by atoms with Crippen molar-refractivity contribution >= 4 is 17.9 Å². The van der Waals surface area contributed by atoms with Crippen molar-refractivity contribution in [3.63, 3.8) is 0 Å². The van der Waals surface area contributed by atoms with Gasteiger partial charge in [-0.25, -0.2) is 0 Å². The smallest absolute Gasteiger partial charge is 0.306 e. The molecule has 0 spiro atoms. The summed E-state index contributed by atoms with van der Waals surface area (Å²) in [6.07, 6.45) is 72.3. The topological polar surface area (TPSA) is 78.9 Å². The molecule has 0 radical (unpaired) electrons. The molecular formula is C65H122O6. The first-order valence-electron chi connectivity index (χ1n) is 31.8. The minimum atomic E-state index is -0.769. The molecule has 0 rings (SSSR count). The third-order valence-electron chi connectivity index (χ3n) is 14.5. The molecule has 1 unspecified atom stereocenters. The maximum absolute atomic E-state index is 12.8. The molecule has 0 aromatic heterocycles. The van der Waals surface area contributed by atoms with E-state index in [1.807, 2.05) is 0 Å².